The molecule has 0 radical (unpaired) electrons. The summed E-state index contributed by atoms with van der Waals surface area (Å²) >= 11 is 0. The minimum absolute atomic E-state index is 0.00928. The molecule has 0 aromatic heterocycles. The zero-order valence-electron chi connectivity index (χ0n) is 9.19. The van der Waals surface area contributed by atoms with Crippen molar-refractivity contribution in [2.45, 2.75) is 6.42 Å². The summed E-state index contributed by atoms with van der Waals surface area (Å²) < 4.78 is 4.89. The highest BCUT2D eigenvalue weighted by atomic mass is 16.5. The molecule has 2 N–H and O–H groups in total. The summed E-state index contributed by atoms with van der Waals surface area (Å²) in [5.41, 5.74) is 1.19. The monoisotopic (exact) mass is 223 g/mol. The van der Waals surface area contributed by atoms with E-state index in [0.717, 1.165) is 6.42 Å². The fourth-order valence-electron chi connectivity index (χ4n) is 1.27. The van der Waals surface area contributed by atoms with Gasteiger partial charge in [0.1, 0.15) is 6.61 Å². The number of aliphatic hydroxyl groups is 1. The van der Waals surface area contributed by atoms with Crippen molar-refractivity contribution >= 4 is 5.91 Å². The number of ether oxygens (including phenoxy) is 1. The summed E-state index contributed by atoms with van der Waals surface area (Å²) in [5, 5.41) is 11.2. The molecule has 4 nitrogen and oxygen atoms in total. The number of nitrogens with one attached hydrogen (secondary N) is 1. The van der Waals surface area contributed by atoms with E-state index in [0.29, 0.717) is 6.54 Å². The minimum atomic E-state index is -0.149. The van der Waals surface area contributed by atoms with Gasteiger partial charge in [-0.2, -0.15) is 0 Å². The highest BCUT2D eigenvalue weighted by Gasteiger charge is 2.00. The third-order valence-corrected chi connectivity index (χ3v) is 2.05. The van der Waals surface area contributed by atoms with E-state index in [1.54, 1.807) is 0 Å². The van der Waals surface area contributed by atoms with Crippen LogP contribution in [0.5, 0.6) is 0 Å². The second kappa shape index (κ2) is 7.84. The number of amides is 1. The van der Waals surface area contributed by atoms with E-state index < -0.39 is 0 Å². The fraction of sp³-hybridized carbons (Fsp3) is 0.417. The first-order valence-electron chi connectivity index (χ1n) is 5.32. The summed E-state index contributed by atoms with van der Waals surface area (Å²) in [6.07, 6.45) is 0.812. The van der Waals surface area contributed by atoms with Crippen LogP contribution < -0.4 is 5.32 Å². The molecule has 0 aliphatic carbocycles. The molecule has 0 atom stereocenters. The molecule has 0 saturated heterocycles. The lowest BCUT2D eigenvalue weighted by molar-refractivity contribution is -0.125. The Bertz CT molecular complexity index is 300. The third kappa shape index (κ3) is 5.48. The topological polar surface area (TPSA) is 58.6 Å². The van der Waals surface area contributed by atoms with Crippen molar-refractivity contribution in [3.05, 3.63) is 35.9 Å². The molecule has 1 amide bonds. The van der Waals surface area contributed by atoms with Gasteiger partial charge in [0.05, 0.1) is 13.2 Å². The molecule has 0 aliphatic heterocycles. The molecule has 4 heteroatoms. The Morgan fingerprint density at radius 1 is 1.31 bits per heavy atom. The van der Waals surface area contributed by atoms with Crippen LogP contribution >= 0.6 is 0 Å². The predicted octanol–water partition coefficient (Wildman–Crippen LogP) is 0.354. The maximum Gasteiger partial charge on any atom is 0.246 e. The van der Waals surface area contributed by atoms with Crippen molar-refractivity contribution in [1.29, 1.82) is 0 Å². The molecule has 0 unspecified atom stereocenters. The van der Waals surface area contributed by atoms with Gasteiger partial charge in [-0.1, -0.05) is 30.3 Å². The Morgan fingerprint density at radius 3 is 2.75 bits per heavy atom. The van der Waals surface area contributed by atoms with Crippen LogP contribution in [0, 0.1) is 0 Å². The van der Waals surface area contributed by atoms with Gasteiger partial charge in [0, 0.05) is 6.54 Å². The number of benzene rings is 1. The van der Waals surface area contributed by atoms with Crippen LogP contribution in [0.15, 0.2) is 30.3 Å². The molecular formula is C12H17NO3. The molecule has 0 bridgehead atoms. The Hall–Kier alpha value is -1.39. The molecule has 0 fully saturated rings. The summed E-state index contributed by atoms with van der Waals surface area (Å²) in [5.74, 6) is -0.149. The van der Waals surface area contributed by atoms with Crippen LogP contribution in [-0.2, 0) is 16.0 Å². The lowest BCUT2D eigenvalue weighted by Crippen LogP contribution is -2.29. The Kier molecular flexibility index (Phi) is 6.22. The Morgan fingerprint density at radius 2 is 2.06 bits per heavy atom. The number of carbonyl (C=O) groups is 1. The molecule has 16 heavy (non-hydrogen) atoms. The Labute approximate surface area is 95.2 Å². The van der Waals surface area contributed by atoms with Crippen LogP contribution in [0.4, 0.5) is 0 Å². The zero-order valence-corrected chi connectivity index (χ0v) is 9.19. The second-order valence-electron chi connectivity index (χ2n) is 3.36. The molecule has 1 aromatic carbocycles. The van der Waals surface area contributed by atoms with Gasteiger partial charge >= 0.3 is 0 Å². The van der Waals surface area contributed by atoms with E-state index in [2.05, 4.69) is 5.32 Å². The largest absolute Gasteiger partial charge is 0.394 e. The SMILES string of the molecule is O=C(COCCO)NCCc1ccccc1. The first-order chi connectivity index (χ1) is 7.83. The van der Waals surface area contributed by atoms with E-state index in [1.165, 1.54) is 5.56 Å². The zero-order chi connectivity index (χ0) is 11.6. The number of aliphatic hydroxyl groups excluding tert-OH is 1. The van der Waals surface area contributed by atoms with Gasteiger partial charge in [0.2, 0.25) is 5.91 Å². The van der Waals surface area contributed by atoms with Gasteiger partial charge in [0.15, 0.2) is 0 Å². The number of rotatable bonds is 7. The number of carbonyl (C=O) groups excluding carboxylic acids is 1. The van der Waals surface area contributed by atoms with Crippen molar-refractivity contribution in [3.63, 3.8) is 0 Å². The molecule has 88 valence electrons. The van der Waals surface area contributed by atoms with E-state index in [-0.39, 0.29) is 25.7 Å². The van der Waals surface area contributed by atoms with Crippen LogP contribution in [0.25, 0.3) is 0 Å². The van der Waals surface area contributed by atoms with E-state index >= 15 is 0 Å². The standard InChI is InChI=1S/C12H17NO3/c14-8-9-16-10-12(15)13-7-6-11-4-2-1-3-5-11/h1-5,14H,6-10H2,(H,13,15). The third-order valence-electron chi connectivity index (χ3n) is 2.05. The lowest BCUT2D eigenvalue weighted by atomic mass is 10.1. The summed E-state index contributed by atoms with van der Waals surface area (Å²) in [7, 11) is 0. The minimum Gasteiger partial charge on any atom is -0.394 e. The second-order valence-corrected chi connectivity index (χ2v) is 3.36. The molecule has 0 spiro atoms. The van der Waals surface area contributed by atoms with Crippen LogP contribution in [-0.4, -0.2) is 37.4 Å². The summed E-state index contributed by atoms with van der Waals surface area (Å²) in [6.45, 7) is 0.754. The van der Waals surface area contributed by atoms with Crippen LogP contribution in [0.1, 0.15) is 5.56 Å². The van der Waals surface area contributed by atoms with E-state index in [1.807, 2.05) is 30.3 Å². The van der Waals surface area contributed by atoms with Crippen molar-refractivity contribution in [1.82, 2.24) is 5.32 Å². The normalized spacial score (nSPS) is 10.1. The van der Waals surface area contributed by atoms with Gasteiger partial charge in [-0.15, -0.1) is 0 Å². The molecule has 1 aromatic rings. The molecule has 1 rings (SSSR count). The smallest absolute Gasteiger partial charge is 0.246 e. The summed E-state index contributed by atoms with van der Waals surface area (Å²) in [6, 6.07) is 9.96. The van der Waals surface area contributed by atoms with Gasteiger partial charge in [0.25, 0.3) is 0 Å². The maximum absolute atomic E-state index is 11.2. The van der Waals surface area contributed by atoms with Gasteiger partial charge in [-0.25, -0.2) is 0 Å². The van der Waals surface area contributed by atoms with Gasteiger partial charge < -0.3 is 15.2 Å². The van der Waals surface area contributed by atoms with Crippen molar-refractivity contribution < 1.29 is 14.6 Å². The van der Waals surface area contributed by atoms with Crippen LogP contribution in [0.2, 0.25) is 0 Å². The van der Waals surface area contributed by atoms with E-state index in [4.69, 9.17) is 9.84 Å². The van der Waals surface area contributed by atoms with Crippen molar-refractivity contribution in [2.24, 2.45) is 0 Å². The highest BCUT2D eigenvalue weighted by molar-refractivity contribution is 5.77. The fourth-order valence-corrected chi connectivity index (χ4v) is 1.27. The summed E-state index contributed by atoms with van der Waals surface area (Å²) in [4.78, 5) is 11.2. The lowest BCUT2D eigenvalue weighted by Gasteiger charge is -2.05. The maximum atomic E-state index is 11.2. The van der Waals surface area contributed by atoms with Crippen LogP contribution in [0.3, 0.4) is 0 Å². The predicted molar refractivity (Wildman–Crippen MR) is 61.1 cm³/mol. The molecule has 0 aliphatic rings. The van der Waals surface area contributed by atoms with Gasteiger partial charge in [-0.05, 0) is 12.0 Å². The molecule has 0 heterocycles. The first kappa shape index (κ1) is 12.7. The number of hydrogen-bond acceptors (Lipinski definition) is 3. The van der Waals surface area contributed by atoms with E-state index in [9.17, 15) is 4.79 Å². The molecule has 0 saturated carbocycles. The van der Waals surface area contributed by atoms with Crippen molar-refractivity contribution in [3.8, 4) is 0 Å². The van der Waals surface area contributed by atoms with Gasteiger partial charge in [-0.3, -0.25) is 4.79 Å². The average molecular weight is 223 g/mol. The Balaban J connectivity index is 2.09. The van der Waals surface area contributed by atoms with Crippen molar-refractivity contribution in [2.75, 3.05) is 26.4 Å². The average Bonchev–Trinajstić information content (AvgIpc) is 2.31. The quantitative estimate of drug-likeness (QED) is 0.656. The highest BCUT2D eigenvalue weighted by Crippen LogP contribution is 1.97. The first-order valence-corrected chi connectivity index (χ1v) is 5.32. The number of hydrogen-bond donors (Lipinski definition) is 2. The molecular weight excluding hydrogens is 206 g/mol.